The number of amides is 1. The lowest BCUT2D eigenvalue weighted by molar-refractivity contribution is -0.137. The third-order valence-corrected chi connectivity index (χ3v) is 5.75. The van der Waals surface area contributed by atoms with Crippen molar-refractivity contribution in [3.63, 3.8) is 0 Å². The smallest absolute Gasteiger partial charge is 0.263 e. The maximum absolute atomic E-state index is 12.9. The van der Waals surface area contributed by atoms with E-state index >= 15 is 0 Å². The summed E-state index contributed by atoms with van der Waals surface area (Å²) in [5.41, 5.74) is 7.23. The number of benzene rings is 2. The van der Waals surface area contributed by atoms with Crippen LogP contribution < -0.4 is 10.5 Å². The molecule has 1 aliphatic rings. The number of likely N-dealkylation sites (tertiary alicyclic amines) is 1. The lowest BCUT2D eigenvalue weighted by Gasteiger charge is -2.22. The van der Waals surface area contributed by atoms with Gasteiger partial charge in [-0.2, -0.15) is 0 Å². The Morgan fingerprint density at radius 1 is 1.19 bits per heavy atom. The first kappa shape index (κ1) is 18.8. The summed E-state index contributed by atoms with van der Waals surface area (Å²) in [7, 11) is 0. The number of ether oxygens (including phenoxy) is 1. The van der Waals surface area contributed by atoms with Crippen LogP contribution in [-0.4, -0.2) is 42.8 Å². The predicted octanol–water partition coefficient (Wildman–Crippen LogP) is 3.38. The quantitative estimate of drug-likeness (QED) is 0.792. The molecule has 3 rings (SSSR count). The average molecular weight is 371 g/mol. The second-order valence-electron chi connectivity index (χ2n) is 6.69. The first-order valence-electron chi connectivity index (χ1n) is 8.97. The minimum atomic E-state index is -0.511. The minimum Gasteiger partial charge on any atom is -0.481 e. The van der Waals surface area contributed by atoms with Crippen LogP contribution in [0, 0.1) is 5.92 Å². The van der Waals surface area contributed by atoms with Crippen LogP contribution in [-0.2, 0) is 4.79 Å². The second-order valence-corrected chi connectivity index (χ2v) is 7.57. The van der Waals surface area contributed by atoms with Crippen LogP contribution in [0.2, 0.25) is 0 Å². The predicted molar refractivity (Wildman–Crippen MR) is 107 cm³/mol. The van der Waals surface area contributed by atoms with Crippen molar-refractivity contribution in [2.24, 2.45) is 11.7 Å². The standard InChI is InChI=1S/C21H26N2O2S/c1-15(25-18-8-10-19(26-2)11-9-18)21(24)23-13-17(12-22)20(14-23)16-6-4-3-5-7-16/h3-11,15,17,20H,12-14,22H2,1-2H3/t15?,17-,20+/m1/s1. The van der Waals surface area contributed by atoms with Crippen LogP contribution in [0.25, 0.3) is 0 Å². The van der Waals surface area contributed by atoms with Gasteiger partial charge in [-0.05, 0) is 55.5 Å². The van der Waals surface area contributed by atoms with Crippen LogP contribution in [0.4, 0.5) is 0 Å². The van der Waals surface area contributed by atoms with Crippen molar-refractivity contribution in [1.82, 2.24) is 4.90 Å². The molecule has 0 saturated carbocycles. The van der Waals surface area contributed by atoms with Gasteiger partial charge in [-0.25, -0.2) is 0 Å². The molecule has 0 aromatic heterocycles. The molecule has 1 heterocycles. The van der Waals surface area contributed by atoms with Gasteiger partial charge in [0, 0.05) is 23.9 Å². The lowest BCUT2D eigenvalue weighted by atomic mass is 9.89. The minimum absolute atomic E-state index is 0.0239. The van der Waals surface area contributed by atoms with Gasteiger partial charge in [0.25, 0.3) is 5.91 Å². The highest BCUT2D eigenvalue weighted by Gasteiger charge is 2.37. The molecule has 5 heteroatoms. The second kappa shape index (κ2) is 8.60. The molecule has 2 N–H and O–H groups in total. The van der Waals surface area contributed by atoms with Crippen LogP contribution in [0.15, 0.2) is 59.5 Å². The van der Waals surface area contributed by atoms with Crippen molar-refractivity contribution >= 4 is 17.7 Å². The first-order chi connectivity index (χ1) is 12.6. The monoisotopic (exact) mass is 370 g/mol. The molecule has 0 spiro atoms. The van der Waals surface area contributed by atoms with E-state index in [9.17, 15) is 4.79 Å². The van der Waals surface area contributed by atoms with Crippen molar-refractivity contribution in [2.75, 3.05) is 25.9 Å². The molecule has 1 amide bonds. The highest BCUT2D eigenvalue weighted by atomic mass is 32.2. The zero-order chi connectivity index (χ0) is 18.5. The van der Waals surface area contributed by atoms with Gasteiger partial charge in [-0.15, -0.1) is 11.8 Å². The molecule has 1 saturated heterocycles. The molecule has 0 bridgehead atoms. The molecule has 0 aliphatic carbocycles. The summed E-state index contributed by atoms with van der Waals surface area (Å²) in [6.45, 7) is 3.78. The van der Waals surface area contributed by atoms with Crippen LogP contribution in [0.5, 0.6) is 5.75 Å². The van der Waals surface area contributed by atoms with E-state index in [1.807, 2.05) is 60.5 Å². The summed E-state index contributed by atoms with van der Waals surface area (Å²) >= 11 is 1.68. The largest absolute Gasteiger partial charge is 0.481 e. The lowest BCUT2D eigenvalue weighted by Crippen LogP contribution is -2.39. The molecule has 2 aromatic carbocycles. The Kier molecular flexibility index (Phi) is 6.22. The highest BCUT2D eigenvalue weighted by molar-refractivity contribution is 7.98. The Hall–Kier alpha value is -1.98. The van der Waals surface area contributed by atoms with Gasteiger partial charge >= 0.3 is 0 Å². The zero-order valence-electron chi connectivity index (χ0n) is 15.3. The van der Waals surface area contributed by atoms with E-state index in [4.69, 9.17) is 10.5 Å². The van der Waals surface area contributed by atoms with Crippen molar-refractivity contribution in [1.29, 1.82) is 0 Å². The number of thioether (sulfide) groups is 1. The van der Waals surface area contributed by atoms with E-state index in [1.165, 1.54) is 10.5 Å². The van der Waals surface area contributed by atoms with Crippen molar-refractivity contribution in [3.05, 3.63) is 60.2 Å². The molecule has 1 unspecified atom stereocenters. The summed E-state index contributed by atoms with van der Waals surface area (Å²) < 4.78 is 5.87. The number of hydrogen-bond acceptors (Lipinski definition) is 4. The van der Waals surface area contributed by atoms with Gasteiger partial charge in [0.05, 0.1) is 0 Å². The Balaban J connectivity index is 1.65. The van der Waals surface area contributed by atoms with Crippen molar-refractivity contribution in [3.8, 4) is 5.75 Å². The zero-order valence-corrected chi connectivity index (χ0v) is 16.1. The molecule has 138 valence electrons. The van der Waals surface area contributed by atoms with Crippen molar-refractivity contribution in [2.45, 2.75) is 23.8 Å². The third kappa shape index (κ3) is 4.22. The van der Waals surface area contributed by atoms with Gasteiger partial charge < -0.3 is 15.4 Å². The van der Waals surface area contributed by atoms with E-state index < -0.39 is 6.10 Å². The SMILES string of the molecule is CSc1ccc(OC(C)C(=O)N2C[C@@H](CN)[C@H](c3ccccc3)C2)cc1. The van der Waals surface area contributed by atoms with Gasteiger partial charge in [-0.3, -0.25) is 4.79 Å². The summed E-state index contributed by atoms with van der Waals surface area (Å²) in [6.07, 6.45) is 1.52. The summed E-state index contributed by atoms with van der Waals surface area (Å²) in [6, 6.07) is 18.2. The molecule has 3 atom stereocenters. The Morgan fingerprint density at radius 3 is 2.50 bits per heavy atom. The normalized spacial score (nSPS) is 20.8. The fourth-order valence-corrected chi connectivity index (χ4v) is 3.94. The fourth-order valence-electron chi connectivity index (χ4n) is 3.53. The van der Waals surface area contributed by atoms with Gasteiger partial charge in [-0.1, -0.05) is 30.3 Å². The molecular formula is C21H26N2O2S. The van der Waals surface area contributed by atoms with E-state index in [-0.39, 0.29) is 11.8 Å². The Morgan fingerprint density at radius 2 is 1.88 bits per heavy atom. The highest BCUT2D eigenvalue weighted by Crippen LogP contribution is 2.32. The number of nitrogens with zero attached hydrogens (tertiary/aromatic N) is 1. The molecule has 0 radical (unpaired) electrons. The maximum Gasteiger partial charge on any atom is 0.263 e. The molecular weight excluding hydrogens is 344 g/mol. The first-order valence-corrected chi connectivity index (χ1v) is 10.2. The topological polar surface area (TPSA) is 55.6 Å². The van der Waals surface area contributed by atoms with E-state index in [1.54, 1.807) is 11.8 Å². The summed E-state index contributed by atoms with van der Waals surface area (Å²) in [5.74, 6) is 1.32. The average Bonchev–Trinajstić information content (AvgIpc) is 3.13. The van der Waals surface area contributed by atoms with Crippen LogP contribution in [0.3, 0.4) is 0 Å². The van der Waals surface area contributed by atoms with E-state index in [0.29, 0.717) is 25.6 Å². The number of rotatable bonds is 6. The number of hydrogen-bond donors (Lipinski definition) is 1. The molecule has 2 aromatic rings. The maximum atomic E-state index is 12.9. The van der Waals surface area contributed by atoms with Gasteiger partial charge in [0.15, 0.2) is 6.10 Å². The number of carbonyl (C=O) groups is 1. The fraction of sp³-hybridized carbons (Fsp3) is 0.381. The van der Waals surface area contributed by atoms with Gasteiger partial charge in [0.1, 0.15) is 5.75 Å². The summed E-state index contributed by atoms with van der Waals surface area (Å²) in [5, 5.41) is 0. The molecule has 26 heavy (non-hydrogen) atoms. The van der Waals surface area contributed by atoms with E-state index in [2.05, 4.69) is 12.1 Å². The molecule has 1 aliphatic heterocycles. The summed E-state index contributed by atoms with van der Waals surface area (Å²) in [4.78, 5) is 15.9. The van der Waals surface area contributed by atoms with Crippen LogP contribution >= 0.6 is 11.8 Å². The Labute approximate surface area is 159 Å². The van der Waals surface area contributed by atoms with Crippen molar-refractivity contribution < 1.29 is 9.53 Å². The molecule has 4 nitrogen and oxygen atoms in total. The number of carbonyl (C=O) groups excluding carboxylic acids is 1. The third-order valence-electron chi connectivity index (χ3n) is 5.00. The number of nitrogens with two attached hydrogens (primary N) is 1. The Bertz CT molecular complexity index is 721. The van der Waals surface area contributed by atoms with E-state index in [0.717, 1.165) is 5.75 Å². The molecule has 1 fully saturated rings. The van der Waals surface area contributed by atoms with Crippen LogP contribution in [0.1, 0.15) is 18.4 Å². The van der Waals surface area contributed by atoms with Gasteiger partial charge in [0.2, 0.25) is 0 Å².